The Morgan fingerprint density at radius 2 is 1.79 bits per heavy atom. The second-order valence-corrected chi connectivity index (χ2v) is 11.1. The van der Waals surface area contributed by atoms with Crippen LogP contribution in [0.2, 0.25) is 0 Å². The minimum atomic E-state index is -0.201. The Morgan fingerprint density at radius 1 is 0.976 bits per heavy atom. The van der Waals surface area contributed by atoms with Gasteiger partial charge in [-0.05, 0) is 84.5 Å². The lowest BCUT2D eigenvalue weighted by Crippen LogP contribution is -2.29. The van der Waals surface area contributed by atoms with E-state index in [9.17, 15) is 9.59 Å². The quantitative estimate of drug-likeness (QED) is 0.265. The molecule has 8 nitrogen and oxygen atoms in total. The first-order valence-electron chi connectivity index (χ1n) is 14.2. The summed E-state index contributed by atoms with van der Waals surface area (Å²) in [5.74, 6) is -0.0240. The maximum absolute atomic E-state index is 13.1. The average molecular weight is 555 g/mol. The van der Waals surface area contributed by atoms with Gasteiger partial charge in [0.1, 0.15) is 11.3 Å². The van der Waals surface area contributed by atoms with Gasteiger partial charge in [-0.2, -0.15) is 0 Å². The number of aromatic amines is 1. The Labute approximate surface area is 243 Å². The number of H-pyrrole nitrogens is 1. The van der Waals surface area contributed by atoms with Crippen molar-refractivity contribution in [3.63, 3.8) is 0 Å². The average Bonchev–Trinajstić information content (AvgIpc) is 3.74. The van der Waals surface area contributed by atoms with Crippen LogP contribution in [0.4, 0.5) is 11.4 Å². The Bertz CT molecular complexity index is 1900. The molecule has 5 heterocycles. The highest BCUT2D eigenvalue weighted by molar-refractivity contribution is 6.04. The largest absolute Gasteiger partial charge is 0.345 e. The number of carbonyl (C=O) groups is 2. The van der Waals surface area contributed by atoms with Gasteiger partial charge in [0.2, 0.25) is 5.91 Å². The second kappa shape index (κ2) is 10.4. The molecule has 8 heteroatoms. The molecule has 208 valence electrons. The van der Waals surface area contributed by atoms with E-state index in [-0.39, 0.29) is 11.8 Å². The number of carbonyl (C=O) groups excluding carboxylic acids is 2. The zero-order valence-corrected chi connectivity index (χ0v) is 23.6. The van der Waals surface area contributed by atoms with Gasteiger partial charge < -0.3 is 15.2 Å². The fraction of sp³-hybridized carbons (Fsp3) is 0.206. The Kier molecular flexibility index (Phi) is 6.38. The van der Waals surface area contributed by atoms with E-state index in [4.69, 9.17) is 4.99 Å². The van der Waals surface area contributed by atoms with Gasteiger partial charge in [0.05, 0.1) is 12.2 Å². The van der Waals surface area contributed by atoms with Gasteiger partial charge in [-0.1, -0.05) is 18.2 Å². The lowest BCUT2D eigenvalue weighted by molar-refractivity contribution is -0.117. The summed E-state index contributed by atoms with van der Waals surface area (Å²) < 4.78 is 0. The minimum Gasteiger partial charge on any atom is -0.345 e. The molecule has 2 aliphatic rings. The third-order valence-electron chi connectivity index (χ3n) is 8.23. The van der Waals surface area contributed by atoms with Crippen molar-refractivity contribution in [1.29, 1.82) is 0 Å². The first-order valence-corrected chi connectivity index (χ1v) is 14.2. The molecule has 2 aromatic carbocycles. The summed E-state index contributed by atoms with van der Waals surface area (Å²) in [5.41, 5.74) is 11.5. The van der Waals surface area contributed by atoms with Crippen molar-refractivity contribution in [2.24, 2.45) is 4.99 Å². The fourth-order valence-corrected chi connectivity index (χ4v) is 5.82. The maximum atomic E-state index is 13.1. The molecule has 0 bridgehead atoms. The second-order valence-electron chi connectivity index (χ2n) is 11.1. The van der Waals surface area contributed by atoms with Crippen LogP contribution >= 0.6 is 0 Å². The highest BCUT2D eigenvalue weighted by Crippen LogP contribution is 2.32. The molecule has 0 aliphatic carbocycles. The van der Waals surface area contributed by atoms with Crippen LogP contribution < -0.4 is 10.2 Å². The van der Waals surface area contributed by atoms with Crippen molar-refractivity contribution < 1.29 is 9.59 Å². The van der Waals surface area contributed by atoms with Crippen LogP contribution in [0, 0.1) is 13.8 Å². The van der Waals surface area contributed by atoms with E-state index < -0.39 is 0 Å². The van der Waals surface area contributed by atoms with Crippen molar-refractivity contribution >= 4 is 39.9 Å². The van der Waals surface area contributed by atoms with E-state index in [0.29, 0.717) is 24.3 Å². The molecule has 0 unspecified atom stereocenters. The molecular formula is C34H30N6O2. The zero-order valence-electron chi connectivity index (χ0n) is 23.6. The molecule has 7 rings (SSSR count). The number of hydrogen-bond donors (Lipinski definition) is 2. The predicted octanol–water partition coefficient (Wildman–Crippen LogP) is 6.09. The molecule has 0 spiro atoms. The van der Waals surface area contributed by atoms with E-state index in [2.05, 4.69) is 52.3 Å². The summed E-state index contributed by atoms with van der Waals surface area (Å²) in [5, 5.41) is 3.87. The monoisotopic (exact) mass is 554 g/mol. The van der Waals surface area contributed by atoms with Gasteiger partial charge in [0, 0.05) is 65.9 Å². The number of amides is 2. The first-order chi connectivity index (χ1) is 20.4. The van der Waals surface area contributed by atoms with Crippen LogP contribution in [0.3, 0.4) is 0 Å². The van der Waals surface area contributed by atoms with Crippen LogP contribution in [-0.4, -0.2) is 45.6 Å². The molecule has 0 radical (unpaired) electrons. The number of fused-ring (bicyclic) bond motifs is 2. The van der Waals surface area contributed by atoms with Crippen LogP contribution in [0.15, 0.2) is 78.2 Å². The van der Waals surface area contributed by atoms with Gasteiger partial charge in [-0.3, -0.25) is 19.6 Å². The number of aliphatic imine (C=N–C) groups is 1. The molecule has 2 amide bonds. The molecule has 1 fully saturated rings. The number of benzene rings is 2. The van der Waals surface area contributed by atoms with Crippen LogP contribution in [0.25, 0.3) is 33.3 Å². The van der Waals surface area contributed by atoms with Crippen LogP contribution in [0.5, 0.6) is 0 Å². The van der Waals surface area contributed by atoms with E-state index >= 15 is 0 Å². The SMILES string of the molecule is Cc1cc2c(cc1C)N=C(CNC(=O)c1cc3c(-c4cncc(-c5ccc(N6CCCC6=O)cc5)c4)ccnc3[nH]1)C2. The van der Waals surface area contributed by atoms with Gasteiger partial charge in [0.15, 0.2) is 0 Å². The number of hydrogen-bond acceptors (Lipinski definition) is 5. The fourth-order valence-electron chi connectivity index (χ4n) is 5.82. The zero-order chi connectivity index (χ0) is 28.8. The van der Waals surface area contributed by atoms with Gasteiger partial charge in [-0.25, -0.2) is 4.98 Å². The summed E-state index contributed by atoms with van der Waals surface area (Å²) in [6.07, 6.45) is 7.65. The topological polar surface area (TPSA) is 103 Å². The van der Waals surface area contributed by atoms with Gasteiger partial charge in [-0.15, -0.1) is 0 Å². The number of rotatable bonds is 6. The van der Waals surface area contributed by atoms with E-state index in [1.807, 2.05) is 53.7 Å². The maximum Gasteiger partial charge on any atom is 0.268 e. The van der Waals surface area contributed by atoms with Crippen molar-refractivity contribution in [3.8, 4) is 22.3 Å². The third kappa shape index (κ3) is 4.75. The van der Waals surface area contributed by atoms with Crippen LogP contribution in [-0.2, 0) is 11.2 Å². The summed E-state index contributed by atoms with van der Waals surface area (Å²) in [4.78, 5) is 44.0. The van der Waals surface area contributed by atoms with Gasteiger partial charge >= 0.3 is 0 Å². The lowest BCUT2D eigenvalue weighted by Gasteiger charge is -2.16. The molecule has 0 saturated carbocycles. The Balaban J connectivity index is 1.10. The summed E-state index contributed by atoms with van der Waals surface area (Å²) in [7, 11) is 0. The normalized spacial score (nSPS) is 14.4. The third-order valence-corrected chi connectivity index (χ3v) is 8.23. The highest BCUT2D eigenvalue weighted by atomic mass is 16.2. The number of anilines is 1. The Hall–Kier alpha value is -5.11. The van der Waals surface area contributed by atoms with Crippen molar-refractivity contribution in [2.45, 2.75) is 33.1 Å². The van der Waals surface area contributed by atoms with Crippen molar-refractivity contribution in [3.05, 3.63) is 95.6 Å². The van der Waals surface area contributed by atoms with E-state index in [0.717, 1.165) is 64.1 Å². The number of aromatic nitrogens is 3. The minimum absolute atomic E-state index is 0.177. The molecule has 0 atom stereocenters. The summed E-state index contributed by atoms with van der Waals surface area (Å²) >= 11 is 0. The lowest BCUT2D eigenvalue weighted by atomic mass is 10.0. The van der Waals surface area contributed by atoms with Crippen LogP contribution in [0.1, 0.15) is 40.0 Å². The number of nitrogens with zero attached hydrogens (tertiary/aromatic N) is 4. The Morgan fingerprint density at radius 3 is 2.60 bits per heavy atom. The van der Waals surface area contributed by atoms with Crippen molar-refractivity contribution in [1.82, 2.24) is 20.3 Å². The summed E-state index contributed by atoms with van der Waals surface area (Å²) in [6.45, 7) is 5.35. The number of aryl methyl sites for hydroxylation is 2. The standard InChI is InChI=1S/C34H30N6O2/c1-20-12-23-15-26(38-30(23)13-21(20)2)19-37-34(42)31-16-29-28(9-10-36-33(29)39-31)25-14-24(17-35-18-25)22-5-7-27(8-6-22)40-11-3-4-32(40)41/h5-10,12-14,16-18H,3-4,11,15,19H2,1-2H3,(H,36,39)(H,37,42). The molecule has 1 saturated heterocycles. The predicted molar refractivity (Wildman–Crippen MR) is 165 cm³/mol. The molecule has 3 aromatic heterocycles. The molecular weight excluding hydrogens is 524 g/mol. The number of nitrogens with one attached hydrogen (secondary N) is 2. The highest BCUT2D eigenvalue weighted by Gasteiger charge is 2.22. The first kappa shape index (κ1) is 25.8. The molecule has 42 heavy (non-hydrogen) atoms. The van der Waals surface area contributed by atoms with E-state index in [1.54, 1.807) is 6.20 Å². The molecule has 2 aliphatic heterocycles. The van der Waals surface area contributed by atoms with E-state index in [1.165, 1.54) is 16.7 Å². The van der Waals surface area contributed by atoms with Crippen molar-refractivity contribution in [2.75, 3.05) is 18.0 Å². The number of pyridine rings is 2. The molecule has 2 N–H and O–H groups in total. The molecule has 5 aromatic rings. The van der Waals surface area contributed by atoms with Gasteiger partial charge in [0.25, 0.3) is 5.91 Å². The summed E-state index contributed by atoms with van der Waals surface area (Å²) in [6, 6.07) is 18.2. The smallest absolute Gasteiger partial charge is 0.268 e.